The van der Waals surface area contributed by atoms with Gasteiger partial charge in [0.2, 0.25) is 0 Å². The monoisotopic (exact) mass is 312 g/mol. The molecular weight excluding hydrogens is 292 g/mol. The summed E-state index contributed by atoms with van der Waals surface area (Å²) in [6.45, 7) is 5.07. The number of hydrogen-bond donors (Lipinski definition) is 1. The fourth-order valence-electron chi connectivity index (χ4n) is 2.76. The Bertz CT molecular complexity index is 692. The Hall–Kier alpha value is -2.40. The van der Waals surface area contributed by atoms with Gasteiger partial charge in [0.05, 0.1) is 18.8 Å². The quantitative estimate of drug-likeness (QED) is 0.940. The van der Waals surface area contributed by atoms with Crippen LogP contribution < -0.4 is 4.90 Å². The summed E-state index contributed by atoms with van der Waals surface area (Å²) in [5, 5.41) is 9.35. The summed E-state index contributed by atoms with van der Waals surface area (Å²) in [5.41, 5.74) is 3.13. The number of pyridine rings is 1. The SMILES string of the molecule is Cc1ccc(Cc2ccc(N3CCOCC3)nc2)c(C(=O)O)c1. The second-order valence-corrected chi connectivity index (χ2v) is 5.77. The Balaban J connectivity index is 1.77. The lowest BCUT2D eigenvalue weighted by atomic mass is 9.99. The summed E-state index contributed by atoms with van der Waals surface area (Å²) in [5.74, 6) is 0.0565. The number of carbonyl (C=O) groups is 1. The number of aromatic nitrogens is 1. The van der Waals surface area contributed by atoms with E-state index in [1.165, 1.54) is 0 Å². The number of rotatable bonds is 4. The van der Waals surface area contributed by atoms with Gasteiger partial charge in [-0.15, -0.1) is 0 Å². The van der Waals surface area contributed by atoms with E-state index in [1.54, 1.807) is 6.07 Å². The minimum atomic E-state index is -0.887. The van der Waals surface area contributed by atoms with Crippen LogP contribution in [0.2, 0.25) is 0 Å². The third kappa shape index (κ3) is 3.68. The molecule has 0 aliphatic carbocycles. The zero-order chi connectivity index (χ0) is 16.2. The van der Waals surface area contributed by atoms with E-state index in [0.717, 1.165) is 48.8 Å². The first kappa shape index (κ1) is 15.5. The smallest absolute Gasteiger partial charge is 0.335 e. The van der Waals surface area contributed by atoms with Crippen molar-refractivity contribution in [2.75, 3.05) is 31.2 Å². The van der Waals surface area contributed by atoms with Crippen LogP contribution in [-0.4, -0.2) is 42.4 Å². The molecule has 0 amide bonds. The molecule has 2 heterocycles. The van der Waals surface area contributed by atoms with E-state index in [4.69, 9.17) is 4.74 Å². The van der Waals surface area contributed by atoms with Crippen LogP contribution in [0.1, 0.15) is 27.0 Å². The second-order valence-electron chi connectivity index (χ2n) is 5.77. The Labute approximate surface area is 135 Å². The molecule has 2 aromatic rings. The van der Waals surface area contributed by atoms with Gasteiger partial charge in [0.15, 0.2) is 0 Å². The summed E-state index contributed by atoms with van der Waals surface area (Å²) in [7, 11) is 0. The number of benzene rings is 1. The molecule has 120 valence electrons. The summed E-state index contributed by atoms with van der Waals surface area (Å²) in [4.78, 5) is 18.1. The van der Waals surface area contributed by atoms with Crippen molar-refractivity contribution in [3.8, 4) is 0 Å². The highest BCUT2D eigenvalue weighted by Crippen LogP contribution is 2.18. The van der Waals surface area contributed by atoms with E-state index in [-0.39, 0.29) is 0 Å². The second kappa shape index (κ2) is 6.79. The Morgan fingerprint density at radius 1 is 1.26 bits per heavy atom. The first-order chi connectivity index (χ1) is 11.1. The number of ether oxygens (including phenoxy) is 1. The molecule has 0 atom stereocenters. The number of carboxylic acids is 1. The van der Waals surface area contributed by atoms with Crippen LogP contribution in [0.15, 0.2) is 36.5 Å². The van der Waals surface area contributed by atoms with E-state index in [9.17, 15) is 9.90 Å². The molecule has 0 radical (unpaired) electrons. The molecule has 1 fully saturated rings. The topological polar surface area (TPSA) is 62.7 Å². The molecule has 1 N–H and O–H groups in total. The first-order valence-electron chi connectivity index (χ1n) is 7.74. The predicted molar refractivity (Wildman–Crippen MR) is 88.2 cm³/mol. The van der Waals surface area contributed by atoms with Crippen molar-refractivity contribution in [3.63, 3.8) is 0 Å². The molecule has 1 aromatic heterocycles. The van der Waals surface area contributed by atoms with E-state index in [0.29, 0.717) is 12.0 Å². The van der Waals surface area contributed by atoms with Crippen molar-refractivity contribution >= 4 is 11.8 Å². The lowest BCUT2D eigenvalue weighted by molar-refractivity contribution is 0.0695. The number of nitrogens with zero attached hydrogens (tertiary/aromatic N) is 2. The fourth-order valence-corrected chi connectivity index (χ4v) is 2.76. The number of anilines is 1. The molecule has 1 saturated heterocycles. The van der Waals surface area contributed by atoms with Crippen molar-refractivity contribution in [2.45, 2.75) is 13.3 Å². The molecule has 0 unspecified atom stereocenters. The van der Waals surface area contributed by atoms with Crippen molar-refractivity contribution < 1.29 is 14.6 Å². The molecule has 1 aromatic carbocycles. The maximum Gasteiger partial charge on any atom is 0.335 e. The summed E-state index contributed by atoms with van der Waals surface area (Å²) >= 11 is 0. The van der Waals surface area contributed by atoms with Gasteiger partial charge in [-0.1, -0.05) is 23.8 Å². The maximum absolute atomic E-state index is 11.4. The fraction of sp³-hybridized carbons (Fsp3) is 0.333. The molecule has 0 spiro atoms. The average Bonchev–Trinajstić information content (AvgIpc) is 2.58. The van der Waals surface area contributed by atoms with E-state index >= 15 is 0 Å². The highest BCUT2D eigenvalue weighted by Gasteiger charge is 2.13. The number of morpholine rings is 1. The molecule has 23 heavy (non-hydrogen) atoms. The molecule has 1 aliphatic rings. The Morgan fingerprint density at radius 2 is 2.04 bits per heavy atom. The lowest BCUT2D eigenvalue weighted by Gasteiger charge is -2.27. The van der Waals surface area contributed by atoms with E-state index in [1.807, 2.05) is 37.4 Å². The number of hydrogen-bond acceptors (Lipinski definition) is 4. The minimum Gasteiger partial charge on any atom is -0.478 e. The number of aromatic carboxylic acids is 1. The van der Waals surface area contributed by atoms with Crippen LogP contribution in [0.4, 0.5) is 5.82 Å². The van der Waals surface area contributed by atoms with Crippen molar-refractivity contribution in [1.29, 1.82) is 0 Å². The van der Waals surface area contributed by atoms with Gasteiger partial charge in [-0.3, -0.25) is 0 Å². The Kier molecular flexibility index (Phi) is 4.57. The van der Waals surface area contributed by atoms with E-state index < -0.39 is 5.97 Å². The molecule has 0 saturated carbocycles. The van der Waals surface area contributed by atoms with Gasteiger partial charge < -0.3 is 14.7 Å². The molecule has 1 aliphatic heterocycles. The zero-order valence-corrected chi connectivity index (χ0v) is 13.2. The standard InChI is InChI=1S/C18H20N2O3/c1-13-2-4-15(16(10-13)18(21)22)11-14-3-5-17(19-12-14)20-6-8-23-9-7-20/h2-5,10,12H,6-9,11H2,1H3,(H,21,22). The highest BCUT2D eigenvalue weighted by molar-refractivity contribution is 5.89. The molecule has 5 heteroatoms. The van der Waals surface area contributed by atoms with Crippen molar-refractivity contribution in [3.05, 3.63) is 58.8 Å². The number of aryl methyl sites for hydroxylation is 1. The van der Waals surface area contributed by atoms with Gasteiger partial charge in [-0.25, -0.2) is 9.78 Å². The third-order valence-corrected chi connectivity index (χ3v) is 4.03. The third-order valence-electron chi connectivity index (χ3n) is 4.03. The average molecular weight is 312 g/mol. The largest absolute Gasteiger partial charge is 0.478 e. The van der Waals surface area contributed by atoms with Crippen LogP contribution >= 0.6 is 0 Å². The maximum atomic E-state index is 11.4. The van der Waals surface area contributed by atoms with Gasteiger partial charge in [0.1, 0.15) is 5.82 Å². The summed E-state index contributed by atoms with van der Waals surface area (Å²) in [6.07, 6.45) is 2.40. The highest BCUT2D eigenvalue weighted by atomic mass is 16.5. The van der Waals surface area contributed by atoms with Crippen LogP contribution in [0.25, 0.3) is 0 Å². The molecule has 0 bridgehead atoms. The predicted octanol–water partition coefficient (Wildman–Crippen LogP) is 2.52. The number of carboxylic acid groups (broad SMARTS) is 1. The summed E-state index contributed by atoms with van der Waals surface area (Å²) in [6, 6.07) is 9.55. The molecule has 3 rings (SSSR count). The van der Waals surface area contributed by atoms with Gasteiger partial charge in [-0.2, -0.15) is 0 Å². The van der Waals surface area contributed by atoms with Crippen LogP contribution in [-0.2, 0) is 11.2 Å². The van der Waals surface area contributed by atoms with Gasteiger partial charge in [-0.05, 0) is 36.6 Å². The molecular formula is C18H20N2O3. The normalized spacial score (nSPS) is 14.7. The van der Waals surface area contributed by atoms with Gasteiger partial charge in [0, 0.05) is 19.3 Å². The van der Waals surface area contributed by atoms with Crippen LogP contribution in [0.3, 0.4) is 0 Å². The van der Waals surface area contributed by atoms with Crippen LogP contribution in [0.5, 0.6) is 0 Å². The zero-order valence-electron chi connectivity index (χ0n) is 13.2. The molecule has 5 nitrogen and oxygen atoms in total. The summed E-state index contributed by atoms with van der Waals surface area (Å²) < 4.78 is 5.34. The van der Waals surface area contributed by atoms with Crippen molar-refractivity contribution in [1.82, 2.24) is 4.98 Å². The van der Waals surface area contributed by atoms with Gasteiger partial charge >= 0.3 is 5.97 Å². The van der Waals surface area contributed by atoms with Crippen molar-refractivity contribution in [2.24, 2.45) is 0 Å². The van der Waals surface area contributed by atoms with Crippen LogP contribution in [0, 0.1) is 6.92 Å². The lowest BCUT2D eigenvalue weighted by Crippen LogP contribution is -2.36. The minimum absolute atomic E-state index is 0.363. The van der Waals surface area contributed by atoms with E-state index in [2.05, 4.69) is 9.88 Å². The Morgan fingerprint density at radius 3 is 2.70 bits per heavy atom. The first-order valence-corrected chi connectivity index (χ1v) is 7.74. The van der Waals surface area contributed by atoms with Gasteiger partial charge in [0.25, 0.3) is 0 Å².